The Labute approximate surface area is 102 Å². The minimum atomic E-state index is -0.431. The molecule has 0 aliphatic rings. The van der Waals surface area contributed by atoms with Crippen LogP contribution in [0.4, 0.5) is 0 Å². The molecule has 94 valence electrons. The predicted molar refractivity (Wildman–Crippen MR) is 67.6 cm³/mol. The molecule has 0 unspecified atom stereocenters. The van der Waals surface area contributed by atoms with E-state index in [2.05, 4.69) is 37.4 Å². The van der Waals surface area contributed by atoms with Crippen molar-refractivity contribution in [2.75, 3.05) is 19.8 Å². The van der Waals surface area contributed by atoms with Crippen molar-refractivity contribution in [3.63, 3.8) is 0 Å². The molecule has 1 amide bonds. The van der Waals surface area contributed by atoms with Crippen LogP contribution in [0.3, 0.4) is 0 Å². The van der Waals surface area contributed by atoms with E-state index < -0.39 is 5.91 Å². The summed E-state index contributed by atoms with van der Waals surface area (Å²) in [5.41, 5.74) is 8.86. The molecule has 0 aromatic heterocycles. The first-order chi connectivity index (χ1) is 8.11. The Balaban J connectivity index is 2.22. The first kappa shape index (κ1) is 13.7. The number of hydrogen-bond acceptors (Lipinski definition) is 3. The van der Waals surface area contributed by atoms with Crippen LogP contribution in [0.5, 0.6) is 0 Å². The maximum Gasteiger partial charge on any atom is 0.243 e. The highest BCUT2D eigenvalue weighted by molar-refractivity contribution is 5.74. The van der Waals surface area contributed by atoms with Crippen LogP contribution in [0.1, 0.15) is 16.7 Å². The summed E-state index contributed by atoms with van der Waals surface area (Å²) in [5, 5.41) is 3.27. The zero-order valence-electron chi connectivity index (χ0n) is 10.5. The SMILES string of the molecule is Cc1cccc(CNCCOCC(N)=O)c1C. The first-order valence-corrected chi connectivity index (χ1v) is 5.73. The average Bonchev–Trinajstić information content (AvgIpc) is 2.28. The molecule has 4 heteroatoms. The summed E-state index contributed by atoms with van der Waals surface area (Å²) in [7, 11) is 0. The van der Waals surface area contributed by atoms with Crippen LogP contribution in [0, 0.1) is 13.8 Å². The first-order valence-electron chi connectivity index (χ1n) is 5.73. The highest BCUT2D eigenvalue weighted by atomic mass is 16.5. The standard InChI is InChI=1S/C13H20N2O2/c1-10-4-3-5-12(11(10)2)8-15-6-7-17-9-13(14)16/h3-5,15H,6-9H2,1-2H3,(H2,14,16). The van der Waals surface area contributed by atoms with Crippen molar-refractivity contribution >= 4 is 5.91 Å². The van der Waals surface area contributed by atoms with Gasteiger partial charge >= 0.3 is 0 Å². The fourth-order valence-corrected chi connectivity index (χ4v) is 1.54. The monoisotopic (exact) mass is 236 g/mol. The Kier molecular flexibility index (Phi) is 5.66. The van der Waals surface area contributed by atoms with Gasteiger partial charge in [0.2, 0.25) is 5.91 Å². The summed E-state index contributed by atoms with van der Waals surface area (Å²) in [5.74, 6) is -0.431. The quantitative estimate of drug-likeness (QED) is 0.691. The van der Waals surface area contributed by atoms with Crippen molar-refractivity contribution in [2.24, 2.45) is 5.73 Å². The minimum Gasteiger partial charge on any atom is -0.370 e. The van der Waals surface area contributed by atoms with Crippen molar-refractivity contribution in [3.05, 3.63) is 34.9 Å². The van der Waals surface area contributed by atoms with E-state index in [0.717, 1.165) is 6.54 Å². The number of primary amides is 1. The third-order valence-electron chi connectivity index (χ3n) is 2.70. The predicted octanol–water partition coefficient (Wildman–Crippen LogP) is 0.895. The molecule has 0 saturated carbocycles. The van der Waals surface area contributed by atoms with E-state index in [0.29, 0.717) is 13.2 Å². The molecule has 0 heterocycles. The number of ether oxygens (including phenoxy) is 1. The number of rotatable bonds is 7. The van der Waals surface area contributed by atoms with E-state index in [-0.39, 0.29) is 6.61 Å². The summed E-state index contributed by atoms with van der Waals surface area (Å²) < 4.78 is 5.05. The van der Waals surface area contributed by atoms with E-state index in [9.17, 15) is 4.79 Å². The van der Waals surface area contributed by atoms with Gasteiger partial charge in [0.25, 0.3) is 0 Å². The normalized spacial score (nSPS) is 10.5. The molecule has 1 aromatic carbocycles. The molecular formula is C13H20N2O2. The Hall–Kier alpha value is -1.39. The molecule has 0 bridgehead atoms. The molecule has 17 heavy (non-hydrogen) atoms. The zero-order chi connectivity index (χ0) is 12.7. The van der Waals surface area contributed by atoms with Gasteiger partial charge in [-0.1, -0.05) is 18.2 Å². The molecule has 0 atom stereocenters. The fourth-order valence-electron chi connectivity index (χ4n) is 1.54. The number of hydrogen-bond donors (Lipinski definition) is 2. The van der Waals surface area contributed by atoms with Gasteiger partial charge in [0.05, 0.1) is 6.61 Å². The van der Waals surface area contributed by atoms with Crippen LogP contribution in [-0.4, -0.2) is 25.7 Å². The number of benzene rings is 1. The van der Waals surface area contributed by atoms with Gasteiger partial charge in [-0.25, -0.2) is 0 Å². The van der Waals surface area contributed by atoms with Crippen LogP contribution in [0.15, 0.2) is 18.2 Å². The van der Waals surface area contributed by atoms with Gasteiger partial charge in [0.1, 0.15) is 6.61 Å². The highest BCUT2D eigenvalue weighted by Crippen LogP contribution is 2.11. The number of nitrogens with two attached hydrogens (primary N) is 1. The second-order valence-electron chi connectivity index (χ2n) is 4.05. The Morgan fingerprint density at radius 3 is 2.88 bits per heavy atom. The molecule has 0 aliphatic carbocycles. The molecule has 0 radical (unpaired) electrons. The Morgan fingerprint density at radius 2 is 2.18 bits per heavy atom. The number of aryl methyl sites for hydroxylation is 1. The molecule has 0 aliphatic heterocycles. The average molecular weight is 236 g/mol. The lowest BCUT2D eigenvalue weighted by atomic mass is 10.0. The molecule has 3 N–H and O–H groups in total. The van der Waals surface area contributed by atoms with E-state index >= 15 is 0 Å². The zero-order valence-corrected chi connectivity index (χ0v) is 10.5. The largest absolute Gasteiger partial charge is 0.370 e. The van der Waals surface area contributed by atoms with Crippen LogP contribution in [0.2, 0.25) is 0 Å². The lowest BCUT2D eigenvalue weighted by molar-refractivity contribution is -0.122. The van der Waals surface area contributed by atoms with E-state index in [1.54, 1.807) is 0 Å². The number of carbonyl (C=O) groups excluding carboxylic acids is 1. The van der Waals surface area contributed by atoms with Crippen molar-refractivity contribution in [1.82, 2.24) is 5.32 Å². The lowest BCUT2D eigenvalue weighted by Gasteiger charge is -2.09. The van der Waals surface area contributed by atoms with Crippen LogP contribution < -0.4 is 11.1 Å². The summed E-state index contributed by atoms with van der Waals surface area (Å²) in [4.78, 5) is 10.4. The lowest BCUT2D eigenvalue weighted by Crippen LogP contribution is -2.24. The molecule has 0 spiro atoms. The summed E-state index contributed by atoms with van der Waals surface area (Å²) >= 11 is 0. The minimum absolute atomic E-state index is 0.00878. The molecule has 4 nitrogen and oxygen atoms in total. The summed E-state index contributed by atoms with van der Waals surface area (Å²) in [6, 6.07) is 6.28. The maximum atomic E-state index is 10.4. The van der Waals surface area contributed by atoms with E-state index in [1.165, 1.54) is 16.7 Å². The van der Waals surface area contributed by atoms with Crippen molar-refractivity contribution < 1.29 is 9.53 Å². The topological polar surface area (TPSA) is 64.3 Å². The number of carbonyl (C=O) groups is 1. The molecule has 0 fully saturated rings. The van der Waals surface area contributed by atoms with E-state index in [4.69, 9.17) is 10.5 Å². The Bertz CT molecular complexity index is 378. The van der Waals surface area contributed by atoms with Crippen molar-refractivity contribution in [3.8, 4) is 0 Å². The van der Waals surface area contributed by atoms with Crippen LogP contribution >= 0.6 is 0 Å². The van der Waals surface area contributed by atoms with Gasteiger partial charge in [0, 0.05) is 13.1 Å². The third-order valence-corrected chi connectivity index (χ3v) is 2.70. The van der Waals surface area contributed by atoms with Crippen molar-refractivity contribution in [1.29, 1.82) is 0 Å². The third kappa shape index (κ3) is 4.97. The van der Waals surface area contributed by atoms with Gasteiger partial charge in [-0.15, -0.1) is 0 Å². The van der Waals surface area contributed by atoms with Crippen LogP contribution in [-0.2, 0) is 16.1 Å². The molecule has 1 aromatic rings. The number of nitrogens with one attached hydrogen (secondary N) is 1. The van der Waals surface area contributed by atoms with Crippen molar-refractivity contribution in [2.45, 2.75) is 20.4 Å². The summed E-state index contributed by atoms with van der Waals surface area (Å²) in [6.07, 6.45) is 0. The van der Waals surface area contributed by atoms with Gasteiger partial charge in [-0.05, 0) is 30.5 Å². The summed E-state index contributed by atoms with van der Waals surface area (Å²) in [6.45, 7) is 6.23. The van der Waals surface area contributed by atoms with E-state index in [1.807, 2.05) is 0 Å². The van der Waals surface area contributed by atoms with Gasteiger partial charge in [0.15, 0.2) is 0 Å². The second kappa shape index (κ2) is 7.04. The van der Waals surface area contributed by atoms with Gasteiger partial charge in [-0.3, -0.25) is 4.79 Å². The smallest absolute Gasteiger partial charge is 0.243 e. The van der Waals surface area contributed by atoms with Gasteiger partial charge in [-0.2, -0.15) is 0 Å². The van der Waals surface area contributed by atoms with Gasteiger partial charge < -0.3 is 15.8 Å². The maximum absolute atomic E-state index is 10.4. The number of amides is 1. The molecular weight excluding hydrogens is 216 g/mol. The second-order valence-corrected chi connectivity index (χ2v) is 4.05. The molecule has 1 rings (SSSR count). The molecule has 0 saturated heterocycles. The Morgan fingerprint density at radius 1 is 1.41 bits per heavy atom. The van der Waals surface area contributed by atoms with Crippen LogP contribution in [0.25, 0.3) is 0 Å². The fraction of sp³-hybridized carbons (Fsp3) is 0.462. The highest BCUT2D eigenvalue weighted by Gasteiger charge is 2.00.